The number of benzene rings is 2. The third-order valence-electron chi connectivity index (χ3n) is 4.31. The molecule has 0 N–H and O–H groups in total. The van der Waals surface area contributed by atoms with Crippen LogP contribution in [-0.4, -0.2) is 27.8 Å². The Labute approximate surface area is 177 Å². The van der Waals surface area contributed by atoms with E-state index >= 15 is 0 Å². The van der Waals surface area contributed by atoms with E-state index < -0.39 is 0 Å². The highest BCUT2D eigenvalue weighted by molar-refractivity contribution is 7.15. The second kappa shape index (κ2) is 8.92. The minimum atomic E-state index is -0.175. The van der Waals surface area contributed by atoms with E-state index in [1.54, 1.807) is 6.08 Å². The van der Waals surface area contributed by atoms with Crippen molar-refractivity contribution in [2.75, 3.05) is 13.2 Å². The minimum Gasteiger partial charge on any atom is -0.494 e. The molecule has 6 nitrogen and oxygen atoms in total. The van der Waals surface area contributed by atoms with Crippen LogP contribution in [0.25, 0.3) is 22.4 Å². The van der Waals surface area contributed by atoms with Crippen LogP contribution in [0, 0.1) is 0 Å². The summed E-state index contributed by atoms with van der Waals surface area (Å²) >= 11 is 1.32. The molecule has 0 amide bonds. The van der Waals surface area contributed by atoms with E-state index in [2.05, 4.69) is 23.6 Å². The molecule has 0 saturated heterocycles. The fourth-order valence-electron chi connectivity index (χ4n) is 2.84. The number of aromatic nitrogens is 3. The summed E-state index contributed by atoms with van der Waals surface area (Å²) in [6.45, 7) is 6.84. The van der Waals surface area contributed by atoms with E-state index in [4.69, 9.17) is 9.47 Å². The number of hydrogen-bond acceptors (Lipinski definition) is 6. The number of rotatable bonds is 8. The van der Waals surface area contributed by atoms with Crippen molar-refractivity contribution >= 4 is 22.4 Å². The molecule has 30 heavy (non-hydrogen) atoms. The van der Waals surface area contributed by atoms with Gasteiger partial charge < -0.3 is 9.47 Å². The van der Waals surface area contributed by atoms with Gasteiger partial charge in [0, 0.05) is 5.56 Å². The maximum absolute atomic E-state index is 12.7. The fraction of sp³-hybridized carbons (Fsp3) is 0.174. The molecule has 4 rings (SSSR count). The predicted molar refractivity (Wildman–Crippen MR) is 119 cm³/mol. The van der Waals surface area contributed by atoms with Crippen LogP contribution in [0.4, 0.5) is 0 Å². The van der Waals surface area contributed by atoms with Gasteiger partial charge in [-0.15, -0.1) is 5.10 Å². The van der Waals surface area contributed by atoms with E-state index in [0.29, 0.717) is 28.5 Å². The van der Waals surface area contributed by atoms with Crippen molar-refractivity contribution in [2.45, 2.75) is 13.3 Å². The van der Waals surface area contributed by atoms with Crippen LogP contribution in [0.3, 0.4) is 0 Å². The Bertz CT molecular complexity index is 1260. The molecule has 0 aliphatic carbocycles. The first kappa shape index (κ1) is 19.8. The molecule has 2 aromatic heterocycles. The van der Waals surface area contributed by atoms with E-state index in [-0.39, 0.29) is 5.56 Å². The highest BCUT2D eigenvalue weighted by Crippen LogP contribution is 2.20. The first-order chi connectivity index (χ1) is 14.7. The zero-order valence-corrected chi connectivity index (χ0v) is 17.4. The first-order valence-corrected chi connectivity index (χ1v) is 10.5. The van der Waals surface area contributed by atoms with E-state index in [1.807, 2.05) is 54.6 Å². The van der Waals surface area contributed by atoms with Gasteiger partial charge in [0.2, 0.25) is 4.96 Å². The molecule has 0 unspecified atom stereocenters. The summed E-state index contributed by atoms with van der Waals surface area (Å²) in [5.74, 6) is 2.08. The summed E-state index contributed by atoms with van der Waals surface area (Å²) in [6, 6.07) is 15.1. The highest BCUT2D eigenvalue weighted by Gasteiger charge is 2.12. The van der Waals surface area contributed by atoms with Crippen LogP contribution >= 0.6 is 11.3 Å². The zero-order chi connectivity index (χ0) is 20.9. The van der Waals surface area contributed by atoms with Crippen LogP contribution < -0.4 is 19.6 Å². The van der Waals surface area contributed by atoms with Crippen molar-refractivity contribution < 1.29 is 9.47 Å². The Hall–Kier alpha value is -3.45. The molecule has 0 radical (unpaired) electrons. The van der Waals surface area contributed by atoms with Gasteiger partial charge in [-0.1, -0.05) is 43.0 Å². The topological polar surface area (TPSA) is 65.7 Å². The van der Waals surface area contributed by atoms with Gasteiger partial charge in [-0.05, 0) is 54.5 Å². The summed E-state index contributed by atoms with van der Waals surface area (Å²) in [7, 11) is 0. The van der Waals surface area contributed by atoms with E-state index in [1.165, 1.54) is 15.9 Å². The Kier molecular flexibility index (Phi) is 5.90. The molecule has 0 spiro atoms. The molecule has 0 aliphatic rings. The van der Waals surface area contributed by atoms with Gasteiger partial charge in [0.05, 0.1) is 11.1 Å². The van der Waals surface area contributed by atoms with Gasteiger partial charge in [-0.2, -0.15) is 9.50 Å². The summed E-state index contributed by atoms with van der Waals surface area (Å²) in [5.41, 5.74) is 1.58. The zero-order valence-electron chi connectivity index (χ0n) is 16.6. The van der Waals surface area contributed by atoms with Crippen molar-refractivity contribution in [2.24, 2.45) is 0 Å². The van der Waals surface area contributed by atoms with Crippen molar-refractivity contribution in [1.29, 1.82) is 0 Å². The lowest BCUT2D eigenvalue weighted by atomic mass is 10.2. The van der Waals surface area contributed by atoms with E-state index in [9.17, 15) is 4.79 Å². The number of nitrogens with zero attached hydrogens (tertiary/aromatic N) is 3. The molecule has 0 bridgehead atoms. The van der Waals surface area contributed by atoms with Crippen LogP contribution in [0.1, 0.15) is 18.9 Å². The molecule has 0 atom stereocenters. The van der Waals surface area contributed by atoms with Gasteiger partial charge >= 0.3 is 0 Å². The summed E-state index contributed by atoms with van der Waals surface area (Å²) < 4.78 is 13.0. The van der Waals surface area contributed by atoms with Crippen LogP contribution in [0.5, 0.6) is 11.5 Å². The number of ether oxygens (including phenoxy) is 2. The molecular formula is C23H21N3O3S. The molecular weight excluding hydrogens is 398 g/mol. The maximum Gasteiger partial charge on any atom is 0.291 e. The molecule has 0 aliphatic heterocycles. The molecule has 0 saturated carbocycles. The minimum absolute atomic E-state index is 0.175. The Morgan fingerprint density at radius 2 is 1.77 bits per heavy atom. The maximum atomic E-state index is 12.7. The lowest BCUT2D eigenvalue weighted by Crippen LogP contribution is -2.23. The second-order valence-electron chi connectivity index (χ2n) is 6.59. The Balaban J connectivity index is 1.58. The van der Waals surface area contributed by atoms with Gasteiger partial charge in [0.15, 0.2) is 5.82 Å². The lowest BCUT2D eigenvalue weighted by Gasteiger charge is -2.03. The number of thiazole rings is 1. The van der Waals surface area contributed by atoms with Gasteiger partial charge in [-0.3, -0.25) is 4.79 Å². The second-order valence-corrected chi connectivity index (χ2v) is 7.60. The lowest BCUT2D eigenvalue weighted by molar-refractivity contribution is 0.317. The highest BCUT2D eigenvalue weighted by atomic mass is 32.1. The predicted octanol–water partition coefficient (Wildman–Crippen LogP) is 3.72. The average molecular weight is 420 g/mol. The quantitative estimate of drug-likeness (QED) is 0.407. The van der Waals surface area contributed by atoms with Crippen molar-refractivity contribution in [3.63, 3.8) is 0 Å². The SMILES string of the molecule is C=CCOc1ccc(-c2nc3s/c(=C/c4ccc(OCCC)cc4)c(=O)n3n2)cc1. The van der Waals surface area contributed by atoms with E-state index in [0.717, 1.165) is 29.0 Å². The molecule has 2 aromatic carbocycles. The number of fused-ring (bicyclic) bond motifs is 1. The third kappa shape index (κ3) is 4.26. The van der Waals surface area contributed by atoms with Crippen molar-refractivity contribution in [1.82, 2.24) is 14.6 Å². The molecule has 7 heteroatoms. The largest absolute Gasteiger partial charge is 0.494 e. The van der Waals surface area contributed by atoms with Crippen LogP contribution in [0.15, 0.2) is 66.0 Å². The standard InChI is InChI=1S/C23H21N3O3S/c1-3-13-28-18-9-5-16(6-10-18)15-20-22(27)26-23(30-20)24-21(25-26)17-7-11-19(12-8-17)29-14-4-2/h4-12,15H,2-3,13-14H2,1H3/b20-15+. The molecule has 2 heterocycles. The summed E-state index contributed by atoms with van der Waals surface area (Å²) in [6.07, 6.45) is 4.50. The summed E-state index contributed by atoms with van der Waals surface area (Å²) in [5, 5.41) is 4.39. The normalized spacial score (nSPS) is 11.7. The van der Waals surface area contributed by atoms with Gasteiger partial charge in [-0.25, -0.2) is 0 Å². The summed E-state index contributed by atoms with van der Waals surface area (Å²) in [4.78, 5) is 17.8. The Morgan fingerprint density at radius 3 is 2.43 bits per heavy atom. The van der Waals surface area contributed by atoms with Crippen LogP contribution in [-0.2, 0) is 0 Å². The molecule has 0 fully saturated rings. The smallest absolute Gasteiger partial charge is 0.291 e. The average Bonchev–Trinajstić information content (AvgIpc) is 3.31. The van der Waals surface area contributed by atoms with Crippen molar-refractivity contribution in [3.8, 4) is 22.9 Å². The number of hydrogen-bond donors (Lipinski definition) is 0. The Morgan fingerprint density at radius 1 is 1.07 bits per heavy atom. The first-order valence-electron chi connectivity index (χ1n) is 9.66. The van der Waals surface area contributed by atoms with Crippen LogP contribution in [0.2, 0.25) is 0 Å². The van der Waals surface area contributed by atoms with Crippen molar-refractivity contribution in [3.05, 3.63) is 81.6 Å². The molecule has 152 valence electrons. The van der Waals surface area contributed by atoms with Gasteiger partial charge in [0.1, 0.15) is 18.1 Å². The van der Waals surface area contributed by atoms with Gasteiger partial charge in [0.25, 0.3) is 5.56 Å². The third-order valence-corrected chi connectivity index (χ3v) is 5.27. The molecule has 4 aromatic rings. The monoisotopic (exact) mass is 419 g/mol. The fourth-order valence-corrected chi connectivity index (χ4v) is 3.75.